The van der Waals surface area contributed by atoms with Crippen LogP contribution >= 0.6 is 0 Å². The molecule has 0 saturated carbocycles. The number of methoxy groups -OCH3 is 1. The first kappa shape index (κ1) is 20.0. The SMILES string of the molecule is COC(=O)c1cc2c(Nc3ccc(CC(=O)c4ccccc4)cc3)ncnc2[nH]c1=O. The van der Waals surface area contributed by atoms with Gasteiger partial charge in [-0.3, -0.25) is 9.59 Å². The number of carbonyl (C=O) groups excluding carboxylic acids is 2. The summed E-state index contributed by atoms with van der Waals surface area (Å²) >= 11 is 0. The van der Waals surface area contributed by atoms with Crippen LogP contribution in [0.1, 0.15) is 26.3 Å². The van der Waals surface area contributed by atoms with Crippen LogP contribution in [0, 0.1) is 0 Å². The Bertz CT molecular complexity index is 1320. The number of rotatable bonds is 6. The Labute approximate surface area is 176 Å². The Morgan fingerprint density at radius 2 is 1.77 bits per heavy atom. The zero-order valence-corrected chi connectivity index (χ0v) is 16.6. The van der Waals surface area contributed by atoms with Gasteiger partial charge >= 0.3 is 5.97 Å². The topological polar surface area (TPSA) is 114 Å². The van der Waals surface area contributed by atoms with Crippen molar-refractivity contribution >= 4 is 34.3 Å². The normalized spacial score (nSPS) is 10.6. The van der Waals surface area contributed by atoms with Gasteiger partial charge in [0, 0.05) is 17.7 Å². The van der Waals surface area contributed by atoms with E-state index in [1.54, 1.807) is 12.1 Å². The number of ether oxygens (including phenoxy) is 1. The molecule has 0 saturated heterocycles. The van der Waals surface area contributed by atoms with E-state index in [2.05, 4.69) is 25.0 Å². The van der Waals surface area contributed by atoms with Crippen LogP contribution in [0.4, 0.5) is 11.5 Å². The molecule has 2 aromatic heterocycles. The van der Waals surface area contributed by atoms with Crippen LogP contribution in [-0.2, 0) is 11.2 Å². The summed E-state index contributed by atoms with van der Waals surface area (Å²) in [5.41, 5.74) is 1.85. The molecule has 0 unspecified atom stereocenters. The molecular weight excluding hydrogens is 396 g/mol. The molecule has 0 aliphatic carbocycles. The van der Waals surface area contributed by atoms with Crippen molar-refractivity contribution in [1.29, 1.82) is 0 Å². The number of H-pyrrole nitrogens is 1. The molecule has 0 aliphatic rings. The number of esters is 1. The summed E-state index contributed by atoms with van der Waals surface area (Å²) in [6.45, 7) is 0. The number of ketones is 1. The molecule has 0 atom stereocenters. The predicted octanol–water partition coefficient (Wildman–Crippen LogP) is 3.27. The Morgan fingerprint density at radius 1 is 1.03 bits per heavy atom. The number of carbonyl (C=O) groups is 2. The van der Waals surface area contributed by atoms with Gasteiger partial charge in [-0.1, -0.05) is 42.5 Å². The standard InChI is InChI=1S/C23H18N4O4/c1-31-23(30)18-12-17-20(24-13-25-21(17)27-22(18)29)26-16-9-7-14(8-10-16)11-19(28)15-5-3-2-4-6-15/h2-10,12-13H,11H2,1H3,(H2,24,25,26,27,29). The third kappa shape index (κ3) is 4.32. The van der Waals surface area contributed by atoms with E-state index in [9.17, 15) is 14.4 Å². The number of anilines is 2. The second-order valence-corrected chi connectivity index (χ2v) is 6.78. The first-order valence-corrected chi connectivity index (χ1v) is 9.45. The minimum Gasteiger partial charge on any atom is -0.465 e. The van der Waals surface area contributed by atoms with Gasteiger partial charge < -0.3 is 15.0 Å². The quantitative estimate of drug-likeness (QED) is 0.368. The van der Waals surface area contributed by atoms with Crippen molar-refractivity contribution < 1.29 is 14.3 Å². The van der Waals surface area contributed by atoms with E-state index in [0.29, 0.717) is 28.8 Å². The summed E-state index contributed by atoms with van der Waals surface area (Å²) in [6.07, 6.45) is 1.61. The Kier molecular flexibility index (Phi) is 5.53. The van der Waals surface area contributed by atoms with Crippen LogP contribution in [0.3, 0.4) is 0 Å². The van der Waals surface area contributed by atoms with E-state index in [1.165, 1.54) is 19.5 Å². The molecule has 4 aromatic rings. The lowest BCUT2D eigenvalue weighted by molar-refractivity contribution is 0.0598. The van der Waals surface area contributed by atoms with Crippen molar-refractivity contribution in [2.24, 2.45) is 0 Å². The van der Waals surface area contributed by atoms with E-state index >= 15 is 0 Å². The molecule has 2 aromatic carbocycles. The molecule has 4 rings (SSSR count). The summed E-state index contributed by atoms with van der Waals surface area (Å²) in [5.74, 6) is -0.285. The molecule has 2 heterocycles. The van der Waals surface area contributed by atoms with E-state index in [4.69, 9.17) is 0 Å². The second-order valence-electron chi connectivity index (χ2n) is 6.78. The van der Waals surface area contributed by atoms with Gasteiger partial charge in [0.2, 0.25) is 0 Å². The molecule has 2 N–H and O–H groups in total. The maximum atomic E-state index is 12.4. The molecule has 154 valence electrons. The fraction of sp³-hybridized carbons (Fsp3) is 0.0870. The van der Waals surface area contributed by atoms with Crippen LogP contribution < -0.4 is 10.9 Å². The molecule has 0 bridgehead atoms. The number of aromatic nitrogens is 3. The minimum absolute atomic E-state index is 0.0439. The smallest absolute Gasteiger partial charge is 0.343 e. The van der Waals surface area contributed by atoms with Crippen molar-refractivity contribution in [2.75, 3.05) is 12.4 Å². The lowest BCUT2D eigenvalue weighted by atomic mass is 10.0. The molecule has 31 heavy (non-hydrogen) atoms. The molecule has 8 heteroatoms. The van der Waals surface area contributed by atoms with Gasteiger partial charge in [0.05, 0.1) is 12.5 Å². The summed E-state index contributed by atoms with van der Waals surface area (Å²) in [5, 5.41) is 3.62. The lowest BCUT2D eigenvalue weighted by Gasteiger charge is -2.10. The van der Waals surface area contributed by atoms with Crippen LogP contribution in [0.2, 0.25) is 0 Å². The van der Waals surface area contributed by atoms with E-state index < -0.39 is 11.5 Å². The predicted molar refractivity (Wildman–Crippen MR) is 116 cm³/mol. The highest BCUT2D eigenvalue weighted by molar-refractivity contribution is 5.98. The maximum absolute atomic E-state index is 12.4. The number of pyridine rings is 1. The Morgan fingerprint density at radius 3 is 2.48 bits per heavy atom. The summed E-state index contributed by atoms with van der Waals surface area (Å²) < 4.78 is 4.65. The van der Waals surface area contributed by atoms with Gasteiger partial charge in [0.15, 0.2) is 5.78 Å². The molecule has 8 nitrogen and oxygen atoms in total. The van der Waals surface area contributed by atoms with Crippen LogP contribution in [0.15, 0.2) is 71.8 Å². The number of Topliss-reactive ketones (excluding diaryl/α,β-unsaturated/α-hetero) is 1. The number of hydrogen-bond acceptors (Lipinski definition) is 7. The number of benzene rings is 2. The Hall–Kier alpha value is -4.33. The minimum atomic E-state index is -0.745. The van der Waals surface area contributed by atoms with Crippen LogP contribution in [0.25, 0.3) is 11.0 Å². The summed E-state index contributed by atoms with van der Waals surface area (Å²) in [6, 6.07) is 17.9. The molecule has 0 aliphatic heterocycles. The molecule has 0 fully saturated rings. The third-order valence-electron chi connectivity index (χ3n) is 4.73. The molecule has 0 spiro atoms. The number of aromatic amines is 1. The van der Waals surface area contributed by atoms with Gasteiger partial charge in [-0.05, 0) is 23.8 Å². The zero-order chi connectivity index (χ0) is 21.8. The van der Waals surface area contributed by atoms with E-state index in [1.807, 2.05) is 42.5 Å². The maximum Gasteiger partial charge on any atom is 0.343 e. The average molecular weight is 414 g/mol. The molecule has 0 amide bonds. The first-order valence-electron chi connectivity index (χ1n) is 9.45. The average Bonchev–Trinajstić information content (AvgIpc) is 2.80. The van der Waals surface area contributed by atoms with Gasteiger partial charge in [0.25, 0.3) is 5.56 Å². The number of nitrogens with one attached hydrogen (secondary N) is 2. The van der Waals surface area contributed by atoms with Crippen LogP contribution in [-0.4, -0.2) is 33.8 Å². The second kappa shape index (κ2) is 8.58. The van der Waals surface area contributed by atoms with Crippen molar-refractivity contribution in [3.63, 3.8) is 0 Å². The van der Waals surface area contributed by atoms with Crippen LogP contribution in [0.5, 0.6) is 0 Å². The number of nitrogens with zero attached hydrogens (tertiary/aromatic N) is 2. The van der Waals surface area contributed by atoms with Gasteiger partial charge in [-0.2, -0.15) is 0 Å². The van der Waals surface area contributed by atoms with Gasteiger partial charge in [-0.15, -0.1) is 0 Å². The van der Waals surface area contributed by atoms with Crippen molar-refractivity contribution in [3.8, 4) is 0 Å². The van der Waals surface area contributed by atoms with Crippen molar-refractivity contribution in [2.45, 2.75) is 6.42 Å². The lowest BCUT2D eigenvalue weighted by Crippen LogP contribution is -2.19. The van der Waals surface area contributed by atoms with Crippen molar-refractivity contribution in [1.82, 2.24) is 15.0 Å². The first-order chi connectivity index (χ1) is 15.0. The number of hydrogen-bond donors (Lipinski definition) is 2. The zero-order valence-electron chi connectivity index (χ0n) is 16.6. The fourth-order valence-corrected chi connectivity index (χ4v) is 3.13. The number of fused-ring (bicyclic) bond motifs is 1. The van der Waals surface area contributed by atoms with E-state index in [-0.39, 0.29) is 11.3 Å². The highest BCUT2D eigenvalue weighted by atomic mass is 16.5. The van der Waals surface area contributed by atoms with Crippen molar-refractivity contribution in [3.05, 3.63) is 94.0 Å². The van der Waals surface area contributed by atoms with Gasteiger partial charge in [0.1, 0.15) is 23.4 Å². The largest absolute Gasteiger partial charge is 0.465 e. The van der Waals surface area contributed by atoms with E-state index in [0.717, 1.165) is 11.3 Å². The molecule has 0 radical (unpaired) electrons. The highest BCUT2D eigenvalue weighted by Gasteiger charge is 2.15. The fourth-order valence-electron chi connectivity index (χ4n) is 3.13. The Balaban J connectivity index is 1.57. The molecular formula is C23H18N4O4. The summed E-state index contributed by atoms with van der Waals surface area (Å²) in [4.78, 5) is 47.1. The highest BCUT2D eigenvalue weighted by Crippen LogP contribution is 2.22. The monoisotopic (exact) mass is 414 g/mol. The van der Waals surface area contributed by atoms with Gasteiger partial charge in [-0.25, -0.2) is 14.8 Å². The summed E-state index contributed by atoms with van der Waals surface area (Å²) in [7, 11) is 1.21. The third-order valence-corrected chi connectivity index (χ3v) is 4.73.